The number of rotatable bonds is 5. The van der Waals surface area contributed by atoms with Crippen molar-refractivity contribution in [3.05, 3.63) is 0 Å². The van der Waals surface area contributed by atoms with E-state index in [2.05, 4.69) is 0 Å². The Morgan fingerprint density at radius 3 is 3.00 bits per heavy atom. The highest BCUT2D eigenvalue weighted by molar-refractivity contribution is 5.69. The highest BCUT2D eigenvalue weighted by Gasteiger charge is 2.15. The van der Waals surface area contributed by atoms with Crippen LogP contribution in [0, 0.1) is 0 Å². The van der Waals surface area contributed by atoms with Crippen LogP contribution in [0.5, 0.6) is 0 Å². The molecule has 82 valence electrons. The van der Waals surface area contributed by atoms with Gasteiger partial charge in [0.1, 0.15) is 6.61 Å². The largest absolute Gasteiger partial charge is 0.463 e. The number of hydrogen-bond acceptors (Lipinski definition) is 4. The number of esters is 1. The fourth-order valence-corrected chi connectivity index (χ4v) is 1.44. The van der Waals surface area contributed by atoms with Gasteiger partial charge in [-0.15, -0.1) is 0 Å². The van der Waals surface area contributed by atoms with Crippen molar-refractivity contribution in [3.8, 4) is 0 Å². The normalized spacial score (nSPS) is 21.9. The van der Waals surface area contributed by atoms with Crippen molar-refractivity contribution in [1.29, 1.82) is 0 Å². The number of hydrogen-bond donors (Lipinski definition) is 1. The monoisotopic (exact) mass is 201 g/mol. The van der Waals surface area contributed by atoms with Gasteiger partial charge in [-0.3, -0.25) is 4.79 Å². The smallest absolute Gasteiger partial charge is 0.305 e. The molecule has 0 bridgehead atoms. The molecule has 1 heterocycles. The van der Waals surface area contributed by atoms with Gasteiger partial charge in [-0.1, -0.05) is 0 Å². The highest BCUT2D eigenvalue weighted by Crippen LogP contribution is 2.12. The average molecular weight is 201 g/mol. The van der Waals surface area contributed by atoms with Gasteiger partial charge >= 0.3 is 5.97 Å². The van der Waals surface area contributed by atoms with Gasteiger partial charge in [0, 0.05) is 13.0 Å². The van der Waals surface area contributed by atoms with E-state index in [1.807, 2.05) is 0 Å². The Hall–Kier alpha value is -0.610. The second kappa shape index (κ2) is 6.79. The van der Waals surface area contributed by atoms with E-state index in [1.54, 1.807) is 0 Å². The first kappa shape index (κ1) is 11.5. The molecule has 14 heavy (non-hydrogen) atoms. The van der Waals surface area contributed by atoms with E-state index in [-0.39, 0.29) is 12.1 Å². The second-order valence-corrected chi connectivity index (χ2v) is 3.56. The van der Waals surface area contributed by atoms with Gasteiger partial charge in [0.2, 0.25) is 0 Å². The van der Waals surface area contributed by atoms with E-state index >= 15 is 0 Å². The lowest BCUT2D eigenvalue weighted by Gasteiger charge is -2.21. The zero-order valence-electron chi connectivity index (χ0n) is 8.54. The van der Waals surface area contributed by atoms with E-state index in [0.29, 0.717) is 26.0 Å². The molecule has 0 aromatic rings. The summed E-state index contributed by atoms with van der Waals surface area (Å²) in [6.07, 6.45) is 4.53. The molecule has 0 saturated carbocycles. The maximum atomic E-state index is 11.1. The van der Waals surface area contributed by atoms with Crippen molar-refractivity contribution >= 4 is 5.97 Å². The fraction of sp³-hybridized carbons (Fsp3) is 0.900. The molecule has 4 nitrogen and oxygen atoms in total. The lowest BCUT2D eigenvalue weighted by molar-refractivity contribution is -0.149. The Morgan fingerprint density at radius 1 is 1.50 bits per heavy atom. The van der Waals surface area contributed by atoms with Crippen molar-refractivity contribution in [2.75, 3.05) is 19.8 Å². The Bertz CT molecular complexity index is 167. The lowest BCUT2D eigenvalue weighted by atomic mass is 10.1. The summed E-state index contributed by atoms with van der Waals surface area (Å²) in [5.74, 6) is -0.162. The molecule has 0 aromatic carbocycles. The third-order valence-electron chi connectivity index (χ3n) is 2.29. The summed E-state index contributed by atoms with van der Waals surface area (Å²) in [4.78, 5) is 11.1. The summed E-state index contributed by atoms with van der Waals surface area (Å²) < 4.78 is 10.5. The van der Waals surface area contributed by atoms with Crippen LogP contribution in [-0.4, -0.2) is 31.8 Å². The van der Waals surface area contributed by atoms with Gasteiger partial charge in [-0.05, 0) is 32.2 Å². The molecule has 1 saturated heterocycles. The van der Waals surface area contributed by atoms with Gasteiger partial charge in [-0.2, -0.15) is 0 Å². The van der Waals surface area contributed by atoms with Crippen molar-refractivity contribution in [3.63, 3.8) is 0 Å². The third kappa shape index (κ3) is 4.58. The minimum Gasteiger partial charge on any atom is -0.463 e. The zero-order chi connectivity index (χ0) is 10.2. The van der Waals surface area contributed by atoms with E-state index < -0.39 is 0 Å². The Morgan fingerprint density at radius 2 is 2.36 bits per heavy atom. The molecule has 1 atom stereocenters. The van der Waals surface area contributed by atoms with Crippen molar-refractivity contribution in [2.45, 2.75) is 38.2 Å². The van der Waals surface area contributed by atoms with Crippen LogP contribution in [0.1, 0.15) is 32.1 Å². The molecule has 0 aliphatic carbocycles. The van der Waals surface area contributed by atoms with E-state index in [4.69, 9.17) is 15.2 Å². The van der Waals surface area contributed by atoms with E-state index in [0.717, 1.165) is 19.4 Å². The lowest BCUT2D eigenvalue weighted by Crippen LogP contribution is -2.26. The van der Waals surface area contributed by atoms with E-state index in [1.165, 1.54) is 6.42 Å². The molecule has 1 aliphatic rings. The molecular weight excluding hydrogens is 182 g/mol. The van der Waals surface area contributed by atoms with Crippen molar-refractivity contribution in [2.24, 2.45) is 5.73 Å². The van der Waals surface area contributed by atoms with Gasteiger partial charge in [0.25, 0.3) is 0 Å². The second-order valence-electron chi connectivity index (χ2n) is 3.56. The first-order valence-electron chi connectivity index (χ1n) is 5.30. The van der Waals surface area contributed by atoms with Crippen LogP contribution in [0.25, 0.3) is 0 Å². The Kier molecular flexibility index (Phi) is 5.56. The first-order chi connectivity index (χ1) is 6.83. The summed E-state index contributed by atoms with van der Waals surface area (Å²) in [6.45, 7) is 1.74. The summed E-state index contributed by atoms with van der Waals surface area (Å²) in [5.41, 5.74) is 5.28. The number of carbonyl (C=O) groups excluding carboxylic acids is 1. The van der Waals surface area contributed by atoms with Crippen LogP contribution in [0.4, 0.5) is 0 Å². The molecule has 1 unspecified atom stereocenters. The quantitative estimate of drug-likeness (QED) is 0.669. The van der Waals surface area contributed by atoms with Gasteiger partial charge in [-0.25, -0.2) is 0 Å². The van der Waals surface area contributed by atoms with Gasteiger partial charge < -0.3 is 15.2 Å². The Balaban J connectivity index is 2.03. The SMILES string of the molecule is NCCCC(=O)OCC1CCCCO1. The predicted molar refractivity (Wildman–Crippen MR) is 52.8 cm³/mol. The van der Waals surface area contributed by atoms with E-state index in [9.17, 15) is 4.79 Å². The van der Waals surface area contributed by atoms with Crippen LogP contribution in [-0.2, 0) is 14.3 Å². The van der Waals surface area contributed by atoms with Gasteiger partial charge in [0.05, 0.1) is 6.10 Å². The summed E-state index contributed by atoms with van der Waals surface area (Å²) >= 11 is 0. The first-order valence-corrected chi connectivity index (χ1v) is 5.30. The average Bonchev–Trinajstić information content (AvgIpc) is 2.25. The summed E-state index contributed by atoms with van der Waals surface area (Å²) in [5, 5.41) is 0. The standard InChI is InChI=1S/C10H19NO3/c11-6-3-5-10(12)14-8-9-4-1-2-7-13-9/h9H,1-8,11H2. The van der Waals surface area contributed by atoms with Crippen molar-refractivity contribution in [1.82, 2.24) is 0 Å². The third-order valence-corrected chi connectivity index (χ3v) is 2.29. The zero-order valence-corrected chi connectivity index (χ0v) is 8.54. The molecule has 0 radical (unpaired) electrons. The molecule has 0 aromatic heterocycles. The Labute approximate surface area is 84.7 Å². The van der Waals surface area contributed by atoms with Crippen LogP contribution in [0.2, 0.25) is 0 Å². The van der Waals surface area contributed by atoms with Crippen molar-refractivity contribution < 1.29 is 14.3 Å². The van der Waals surface area contributed by atoms with Crippen LogP contribution in [0.3, 0.4) is 0 Å². The minimum absolute atomic E-state index is 0.116. The maximum Gasteiger partial charge on any atom is 0.305 e. The van der Waals surface area contributed by atoms with Gasteiger partial charge in [0.15, 0.2) is 0 Å². The molecule has 4 heteroatoms. The highest BCUT2D eigenvalue weighted by atomic mass is 16.6. The van der Waals surface area contributed by atoms with Crippen LogP contribution in [0.15, 0.2) is 0 Å². The molecular formula is C10H19NO3. The minimum atomic E-state index is -0.162. The molecule has 0 spiro atoms. The fourth-order valence-electron chi connectivity index (χ4n) is 1.44. The predicted octanol–water partition coefficient (Wildman–Crippen LogP) is 0.838. The van der Waals surface area contributed by atoms with Crippen LogP contribution < -0.4 is 5.73 Å². The topological polar surface area (TPSA) is 61.6 Å². The maximum absolute atomic E-state index is 11.1. The molecule has 1 fully saturated rings. The molecule has 2 N–H and O–H groups in total. The molecule has 1 rings (SSSR count). The number of nitrogens with two attached hydrogens (primary N) is 1. The number of ether oxygens (including phenoxy) is 2. The van der Waals surface area contributed by atoms with Crippen LogP contribution >= 0.6 is 0 Å². The molecule has 0 amide bonds. The summed E-state index contributed by atoms with van der Waals surface area (Å²) in [7, 11) is 0. The number of carbonyl (C=O) groups is 1. The molecule has 1 aliphatic heterocycles. The summed E-state index contributed by atoms with van der Waals surface area (Å²) in [6, 6.07) is 0.